The predicted molar refractivity (Wildman–Crippen MR) is 74.3 cm³/mol. The molecule has 2 N–H and O–H groups in total. The summed E-state index contributed by atoms with van der Waals surface area (Å²) in [7, 11) is 2.01. The fourth-order valence-corrected chi connectivity index (χ4v) is 2.88. The van der Waals surface area contributed by atoms with Crippen LogP contribution >= 0.6 is 0 Å². The van der Waals surface area contributed by atoms with Crippen LogP contribution in [0.1, 0.15) is 43.9 Å². The SMILES string of the molecule is CCN(Cc1cnn(C)c1C)C1CCC(N)CC1. The molecule has 1 aliphatic carbocycles. The number of rotatable bonds is 4. The highest BCUT2D eigenvalue weighted by molar-refractivity contribution is 5.15. The van der Waals surface area contributed by atoms with Gasteiger partial charge in [0.05, 0.1) is 6.20 Å². The largest absolute Gasteiger partial charge is 0.328 e. The molecule has 1 aliphatic rings. The van der Waals surface area contributed by atoms with Gasteiger partial charge in [0, 0.05) is 36.9 Å². The van der Waals surface area contributed by atoms with Gasteiger partial charge >= 0.3 is 0 Å². The van der Waals surface area contributed by atoms with Crippen LogP contribution in [0.5, 0.6) is 0 Å². The van der Waals surface area contributed by atoms with Crippen LogP contribution in [0.4, 0.5) is 0 Å². The van der Waals surface area contributed by atoms with E-state index in [0.29, 0.717) is 12.1 Å². The molecule has 0 aliphatic heterocycles. The minimum Gasteiger partial charge on any atom is -0.328 e. The zero-order valence-corrected chi connectivity index (χ0v) is 11.9. The van der Waals surface area contributed by atoms with E-state index in [1.165, 1.54) is 36.9 Å². The van der Waals surface area contributed by atoms with Gasteiger partial charge in [-0.15, -0.1) is 0 Å². The Morgan fingerprint density at radius 1 is 1.39 bits per heavy atom. The van der Waals surface area contributed by atoms with E-state index in [-0.39, 0.29) is 0 Å². The Bertz CT molecular complexity index is 377. The minimum absolute atomic E-state index is 0.431. The summed E-state index contributed by atoms with van der Waals surface area (Å²) in [6.45, 7) is 6.53. The molecule has 0 spiro atoms. The highest BCUT2D eigenvalue weighted by atomic mass is 15.3. The van der Waals surface area contributed by atoms with E-state index in [9.17, 15) is 0 Å². The normalized spacial score (nSPS) is 24.7. The van der Waals surface area contributed by atoms with Crippen molar-refractivity contribution in [1.29, 1.82) is 0 Å². The predicted octanol–water partition coefficient (Wildman–Crippen LogP) is 1.82. The molecule has 1 saturated carbocycles. The van der Waals surface area contributed by atoms with E-state index < -0.39 is 0 Å². The molecule has 4 nitrogen and oxygen atoms in total. The van der Waals surface area contributed by atoms with E-state index in [1.54, 1.807) is 0 Å². The first-order valence-electron chi connectivity index (χ1n) is 7.09. The van der Waals surface area contributed by atoms with Crippen LogP contribution in [0.15, 0.2) is 6.20 Å². The van der Waals surface area contributed by atoms with E-state index in [1.807, 2.05) is 17.9 Å². The number of nitrogens with zero attached hydrogens (tertiary/aromatic N) is 3. The van der Waals surface area contributed by atoms with Gasteiger partial charge in [-0.1, -0.05) is 6.92 Å². The van der Waals surface area contributed by atoms with E-state index in [4.69, 9.17) is 5.73 Å². The molecule has 1 aromatic rings. The average Bonchev–Trinajstić information content (AvgIpc) is 2.69. The summed E-state index contributed by atoms with van der Waals surface area (Å²) < 4.78 is 1.96. The standard InChI is InChI=1S/C14H26N4/c1-4-18(14-7-5-13(15)6-8-14)10-12-9-16-17(3)11(12)2/h9,13-14H,4-8,10,15H2,1-3H3. The maximum absolute atomic E-state index is 5.99. The lowest BCUT2D eigenvalue weighted by Gasteiger charge is -2.35. The Kier molecular flexibility index (Phi) is 4.40. The lowest BCUT2D eigenvalue weighted by molar-refractivity contribution is 0.149. The monoisotopic (exact) mass is 250 g/mol. The van der Waals surface area contributed by atoms with Gasteiger partial charge in [0.1, 0.15) is 0 Å². The minimum atomic E-state index is 0.431. The Balaban J connectivity index is 1.99. The van der Waals surface area contributed by atoms with Gasteiger partial charge in [-0.2, -0.15) is 5.10 Å². The Hall–Kier alpha value is -0.870. The Morgan fingerprint density at radius 2 is 2.06 bits per heavy atom. The number of hydrogen-bond donors (Lipinski definition) is 1. The molecule has 102 valence electrons. The highest BCUT2D eigenvalue weighted by Gasteiger charge is 2.24. The van der Waals surface area contributed by atoms with Crippen molar-refractivity contribution in [3.05, 3.63) is 17.5 Å². The topological polar surface area (TPSA) is 47.1 Å². The zero-order valence-electron chi connectivity index (χ0n) is 11.9. The molecule has 0 bridgehead atoms. The van der Waals surface area contributed by atoms with Gasteiger partial charge in [-0.3, -0.25) is 9.58 Å². The summed E-state index contributed by atoms with van der Waals surface area (Å²) in [5.41, 5.74) is 8.62. The third-order valence-corrected chi connectivity index (χ3v) is 4.37. The molecule has 0 radical (unpaired) electrons. The molecule has 0 unspecified atom stereocenters. The van der Waals surface area contributed by atoms with Crippen molar-refractivity contribution in [2.45, 2.75) is 58.2 Å². The summed E-state index contributed by atoms with van der Waals surface area (Å²) in [5, 5.41) is 4.33. The molecule has 2 rings (SSSR count). The fraction of sp³-hybridized carbons (Fsp3) is 0.786. The number of nitrogens with two attached hydrogens (primary N) is 1. The molecule has 0 aromatic carbocycles. The third kappa shape index (κ3) is 2.93. The summed E-state index contributed by atoms with van der Waals surface area (Å²) in [5.74, 6) is 0. The summed E-state index contributed by atoms with van der Waals surface area (Å²) in [4.78, 5) is 2.58. The molecule has 0 saturated heterocycles. The first-order chi connectivity index (χ1) is 8.61. The highest BCUT2D eigenvalue weighted by Crippen LogP contribution is 2.24. The van der Waals surface area contributed by atoms with Gasteiger partial charge in [0.25, 0.3) is 0 Å². The summed E-state index contributed by atoms with van der Waals surface area (Å²) >= 11 is 0. The molecule has 18 heavy (non-hydrogen) atoms. The van der Waals surface area contributed by atoms with Crippen molar-refractivity contribution < 1.29 is 0 Å². The smallest absolute Gasteiger partial charge is 0.0537 e. The van der Waals surface area contributed by atoms with Crippen LogP contribution in [-0.4, -0.2) is 33.3 Å². The molecule has 0 atom stereocenters. The fourth-order valence-electron chi connectivity index (χ4n) is 2.88. The second-order valence-electron chi connectivity index (χ2n) is 5.51. The van der Waals surface area contributed by atoms with Gasteiger partial charge in [-0.25, -0.2) is 0 Å². The number of aryl methyl sites for hydroxylation is 1. The second kappa shape index (κ2) is 5.85. The van der Waals surface area contributed by atoms with E-state index in [0.717, 1.165) is 13.1 Å². The van der Waals surface area contributed by atoms with E-state index >= 15 is 0 Å². The third-order valence-electron chi connectivity index (χ3n) is 4.37. The van der Waals surface area contributed by atoms with Crippen LogP contribution in [0.2, 0.25) is 0 Å². The molecule has 1 aromatic heterocycles. The summed E-state index contributed by atoms with van der Waals surface area (Å²) in [6, 6.07) is 1.13. The van der Waals surface area contributed by atoms with Gasteiger partial charge in [-0.05, 0) is 39.2 Å². The van der Waals surface area contributed by atoms with Gasteiger partial charge in [0.15, 0.2) is 0 Å². The summed E-state index contributed by atoms with van der Waals surface area (Å²) in [6.07, 6.45) is 6.84. The van der Waals surface area contributed by atoms with Crippen molar-refractivity contribution in [1.82, 2.24) is 14.7 Å². The number of hydrogen-bond acceptors (Lipinski definition) is 3. The average molecular weight is 250 g/mol. The van der Waals surface area contributed by atoms with Crippen molar-refractivity contribution in [2.24, 2.45) is 12.8 Å². The van der Waals surface area contributed by atoms with Crippen molar-refractivity contribution in [3.8, 4) is 0 Å². The lowest BCUT2D eigenvalue weighted by Crippen LogP contribution is -2.40. The number of aromatic nitrogens is 2. The first kappa shape index (κ1) is 13.6. The maximum atomic E-state index is 5.99. The Labute approximate surface area is 110 Å². The van der Waals surface area contributed by atoms with Crippen molar-refractivity contribution in [3.63, 3.8) is 0 Å². The quantitative estimate of drug-likeness (QED) is 0.886. The maximum Gasteiger partial charge on any atom is 0.0537 e. The first-order valence-corrected chi connectivity index (χ1v) is 7.09. The molecule has 1 fully saturated rings. The molecule has 0 amide bonds. The molecule has 4 heteroatoms. The molecular formula is C14H26N4. The second-order valence-corrected chi connectivity index (χ2v) is 5.51. The van der Waals surface area contributed by atoms with Crippen molar-refractivity contribution >= 4 is 0 Å². The van der Waals surface area contributed by atoms with Crippen LogP contribution in [0.25, 0.3) is 0 Å². The van der Waals surface area contributed by atoms with Crippen LogP contribution in [0, 0.1) is 6.92 Å². The Morgan fingerprint density at radius 3 is 2.56 bits per heavy atom. The van der Waals surface area contributed by atoms with E-state index in [2.05, 4.69) is 23.8 Å². The van der Waals surface area contributed by atoms with Gasteiger partial charge < -0.3 is 5.73 Å². The van der Waals surface area contributed by atoms with Gasteiger partial charge in [0.2, 0.25) is 0 Å². The van der Waals surface area contributed by atoms with Crippen LogP contribution < -0.4 is 5.73 Å². The van der Waals surface area contributed by atoms with Crippen LogP contribution in [-0.2, 0) is 13.6 Å². The zero-order chi connectivity index (χ0) is 13.1. The van der Waals surface area contributed by atoms with Crippen molar-refractivity contribution in [2.75, 3.05) is 6.54 Å². The van der Waals surface area contributed by atoms with Crippen LogP contribution in [0.3, 0.4) is 0 Å². The molecular weight excluding hydrogens is 224 g/mol. The molecule has 1 heterocycles. The lowest BCUT2D eigenvalue weighted by atomic mass is 9.90.